The molecular weight excluding hydrogens is 246 g/mol. The minimum atomic E-state index is -0.570. The van der Waals surface area contributed by atoms with Crippen molar-refractivity contribution in [2.45, 2.75) is 57.8 Å². The summed E-state index contributed by atoms with van der Waals surface area (Å²) in [6.07, 6.45) is 2.64. The average molecular weight is 273 g/mol. The zero-order valence-electron chi connectivity index (χ0n) is 12.5. The predicted molar refractivity (Wildman–Crippen MR) is 73.1 cm³/mol. The van der Waals surface area contributed by atoms with Gasteiger partial charge in [-0.05, 0) is 40.7 Å². The highest BCUT2D eigenvalue weighted by Gasteiger charge is 2.45. The van der Waals surface area contributed by atoms with Crippen LogP contribution in [0.5, 0.6) is 0 Å². The van der Waals surface area contributed by atoms with Gasteiger partial charge in [0.05, 0.1) is 32.0 Å². The zero-order chi connectivity index (χ0) is 14.3. The van der Waals surface area contributed by atoms with Gasteiger partial charge >= 0.3 is 5.97 Å². The third-order valence-corrected chi connectivity index (χ3v) is 3.50. The Morgan fingerprint density at radius 1 is 1.42 bits per heavy atom. The van der Waals surface area contributed by atoms with E-state index in [1.54, 1.807) is 7.05 Å². The lowest BCUT2D eigenvalue weighted by Crippen LogP contribution is -2.49. The molecule has 19 heavy (non-hydrogen) atoms. The summed E-state index contributed by atoms with van der Waals surface area (Å²) in [6.45, 7) is 7.42. The van der Waals surface area contributed by atoms with E-state index in [2.05, 4.69) is 5.32 Å². The quantitative estimate of drug-likeness (QED) is 0.536. The van der Waals surface area contributed by atoms with Gasteiger partial charge in [0.25, 0.3) is 0 Å². The van der Waals surface area contributed by atoms with Crippen LogP contribution in [0.1, 0.15) is 40.0 Å². The summed E-state index contributed by atoms with van der Waals surface area (Å²) < 4.78 is 16.3. The highest BCUT2D eigenvalue weighted by atomic mass is 16.5. The van der Waals surface area contributed by atoms with E-state index in [4.69, 9.17) is 14.2 Å². The van der Waals surface area contributed by atoms with E-state index in [9.17, 15) is 4.79 Å². The molecule has 1 fully saturated rings. The van der Waals surface area contributed by atoms with Crippen LogP contribution in [-0.4, -0.2) is 50.6 Å². The number of nitrogens with one attached hydrogen (secondary N) is 1. The van der Waals surface area contributed by atoms with Crippen LogP contribution < -0.4 is 5.32 Å². The van der Waals surface area contributed by atoms with Crippen LogP contribution in [-0.2, 0) is 19.0 Å². The SMILES string of the molecule is CCOC(=O)C1(NC)CCC(OCCOC(C)C)C1. The molecule has 0 spiro atoms. The molecule has 1 rings (SSSR count). The van der Waals surface area contributed by atoms with Gasteiger partial charge in [-0.25, -0.2) is 0 Å². The van der Waals surface area contributed by atoms with Crippen molar-refractivity contribution in [3.63, 3.8) is 0 Å². The van der Waals surface area contributed by atoms with E-state index < -0.39 is 5.54 Å². The van der Waals surface area contributed by atoms with Crippen molar-refractivity contribution in [3.8, 4) is 0 Å². The Balaban J connectivity index is 2.36. The molecule has 1 N–H and O–H groups in total. The van der Waals surface area contributed by atoms with Gasteiger partial charge in [-0.1, -0.05) is 0 Å². The van der Waals surface area contributed by atoms with Crippen molar-refractivity contribution in [3.05, 3.63) is 0 Å². The average Bonchev–Trinajstić information content (AvgIpc) is 2.80. The molecule has 1 saturated carbocycles. The Hall–Kier alpha value is -0.650. The van der Waals surface area contributed by atoms with Crippen molar-refractivity contribution in [1.82, 2.24) is 5.32 Å². The van der Waals surface area contributed by atoms with Crippen molar-refractivity contribution in [1.29, 1.82) is 0 Å². The fraction of sp³-hybridized carbons (Fsp3) is 0.929. The van der Waals surface area contributed by atoms with Gasteiger partial charge in [0.1, 0.15) is 5.54 Å². The molecule has 2 atom stereocenters. The van der Waals surface area contributed by atoms with Gasteiger partial charge in [0.2, 0.25) is 0 Å². The van der Waals surface area contributed by atoms with Crippen LogP contribution in [0.3, 0.4) is 0 Å². The van der Waals surface area contributed by atoms with Crippen LogP contribution in [0.2, 0.25) is 0 Å². The minimum absolute atomic E-state index is 0.104. The van der Waals surface area contributed by atoms with E-state index >= 15 is 0 Å². The topological polar surface area (TPSA) is 56.8 Å². The third-order valence-electron chi connectivity index (χ3n) is 3.50. The maximum Gasteiger partial charge on any atom is 0.326 e. The van der Waals surface area contributed by atoms with E-state index in [0.717, 1.165) is 12.8 Å². The molecule has 1 aliphatic carbocycles. The molecule has 0 aromatic heterocycles. The molecule has 0 aromatic rings. The van der Waals surface area contributed by atoms with Crippen molar-refractivity contribution >= 4 is 5.97 Å². The summed E-state index contributed by atoms with van der Waals surface area (Å²) in [5, 5.41) is 3.11. The first kappa shape index (κ1) is 16.4. The van der Waals surface area contributed by atoms with Gasteiger partial charge < -0.3 is 19.5 Å². The van der Waals surface area contributed by atoms with Crippen molar-refractivity contribution in [2.75, 3.05) is 26.9 Å². The smallest absolute Gasteiger partial charge is 0.326 e. The minimum Gasteiger partial charge on any atom is -0.465 e. The van der Waals surface area contributed by atoms with Crippen molar-refractivity contribution < 1.29 is 19.0 Å². The summed E-state index contributed by atoms with van der Waals surface area (Å²) in [6, 6.07) is 0. The maximum absolute atomic E-state index is 12.0. The van der Waals surface area contributed by atoms with Gasteiger partial charge in [0.15, 0.2) is 0 Å². The molecule has 2 unspecified atom stereocenters. The van der Waals surface area contributed by atoms with Gasteiger partial charge in [-0.15, -0.1) is 0 Å². The van der Waals surface area contributed by atoms with E-state index in [1.807, 2.05) is 20.8 Å². The highest BCUT2D eigenvalue weighted by molar-refractivity contribution is 5.81. The number of carbonyl (C=O) groups excluding carboxylic acids is 1. The third kappa shape index (κ3) is 4.75. The fourth-order valence-corrected chi connectivity index (χ4v) is 2.42. The fourth-order valence-electron chi connectivity index (χ4n) is 2.42. The molecule has 0 aliphatic heterocycles. The number of hydrogen-bond donors (Lipinski definition) is 1. The molecule has 0 radical (unpaired) electrons. The number of esters is 1. The van der Waals surface area contributed by atoms with Crippen LogP contribution in [0.25, 0.3) is 0 Å². The molecule has 0 saturated heterocycles. The first-order chi connectivity index (χ1) is 9.04. The van der Waals surface area contributed by atoms with Crippen molar-refractivity contribution in [2.24, 2.45) is 0 Å². The second-order valence-electron chi connectivity index (χ2n) is 5.21. The first-order valence-electron chi connectivity index (χ1n) is 7.13. The van der Waals surface area contributed by atoms with E-state index in [0.29, 0.717) is 26.2 Å². The molecular formula is C14H27NO4. The second kappa shape index (κ2) is 7.82. The Bertz CT molecular complexity index is 283. The number of rotatable bonds is 8. The predicted octanol–water partition coefficient (Wildman–Crippen LogP) is 1.50. The molecule has 0 bridgehead atoms. The monoisotopic (exact) mass is 273 g/mol. The summed E-state index contributed by atoms with van der Waals surface area (Å²) in [5.41, 5.74) is -0.570. The summed E-state index contributed by atoms with van der Waals surface area (Å²) >= 11 is 0. The number of carbonyl (C=O) groups is 1. The maximum atomic E-state index is 12.0. The van der Waals surface area contributed by atoms with Crippen LogP contribution in [0.4, 0.5) is 0 Å². The Kier molecular flexibility index (Phi) is 6.75. The standard InChI is InChI=1S/C14H27NO4/c1-5-17-13(16)14(15-4)7-6-12(10-14)19-9-8-18-11(2)3/h11-12,15H,5-10H2,1-4H3. The zero-order valence-corrected chi connectivity index (χ0v) is 12.5. The molecule has 0 aromatic carbocycles. The molecule has 5 heteroatoms. The Morgan fingerprint density at radius 3 is 2.74 bits per heavy atom. The number of ether oxygens (including phenoxy) is 3. The lowest BCUT2D eigenvalue weighted by atomic mass is 9.98. The number of likely N-dealkylation sites (N-methyl/N-ethyl adjacent to an activating group) is 1. The van der Waals surface area contributed by atoms with Crippen LogP contribution in [0, 0.1) is 0 Å². The van der Waals surface area contributed by atoms with Gasteiger partial charge in [-0.2, -0.15) is 0 Å². The van der Waals surface area contributed by atoms with Crippen LogP contribution in [0.15, 0.2) is 0 Å². The van der Waals surface area contributed by atoms with E-state index in [-0.39, 0.29) is 18.2 Å². The molecule has 0 amide bonds. The van der Waals surface area contributed by atoms with Crippen LogP contribution >= 0.6 is 0 Å². The summed E-state index contributed by atoms with van der Waals surface area (Å²) in [5.74, 6) is -0.165. The Morgan fingerprint density at radius 2 is 2.16 bits per heavy atom. The van der Waals surface area contributed by atoms with Gasteiger partial charge in [-0.3, -0.25) is 4.79 Å². The normalized spacial score (nSPS) is 26.9. The highest BCUT2D eigenvalue weighted by Crippen LogP contribution is 2.32. The lowest BCUT2D eigenvalue weighted by Gasteiger charge is -2.26. The first-order valence-corrected chi connectivity index (χ1v) is 7.13. The van der Waals surface area contributed by atoms with E-state index in [1.165, 1.54) is 0 Å². The second-order valence-corrected chi connectivity index (χ2v) is 5.21. The molecule has 112 valence electrons. The summed E-state index contributed by atoms with van der Waals surface area (Å²) in [7, 11) is 1.81. The lowest BCUT2D eigenvalue weighted by molar-refractivity contribution is -0.151. The molecule has 1 aliphatic rings. The van der Waals surface area contributed by atoms with Gasteiger partial charge in [0, 0.05) is 6.42 Å². The molecule has 5 nitrogen and oxygen atoms in total. The largest absolute Gasteiger partial charge is 0.465 e. The summed E-state index contributed by atoms with van der Waals surface area (Å²) in [4.78, 5) is 12.0. The molecule has 0 heterocycles. The number of hydrogen-bond acceptors (Lipinski definition) is 5. The Labute approximate surface area is 116 Å².